The van der Waals surface area contributed by atoms with E-state index in [1.807, 2.05) is 24.3 Å². The summed E-state index contributed by atoms with van der Waals surface area (Å²) < 4.78 is 0. The van der Waals surface area contributed by atoms with Crippen molar-refractivity contribution in [2.45, 2.75) is 39.2 Å². The second-order valence-corrected chi connectivity index (χ2v) is 8.49. The zero-order valence-electron chi connectivity index (χ0n) is 19.1. The molecule has 2 aromatic carbocycles. The molecule has 1 saturated heterocycles. The van der Waals surface area contributed by atoms with Crippen LogP contribution in [0.25, 0.3) is 0 Å². The summed E-state index contributed by atoms with van der Waals surface area (Å²) in [4.78, 5) is 41.1. The lowest BCUT2D eigenvalue weighted by molar-refractivity contribution is -0.119. The Bertz CT molecular complexity index is 1150. The lowest BCUT2D eigenvalue weighted by Crippen LogP contribution is -2.41. The van der Waals surface area contributed by atoms with Gasteiger partial charge in [0.1, 0.15) is 11.4 Å². The first kappa shape index (κ1) is 23.4. The van der Waals surface area contributed by atoms with Gasteiger partial charge in [0.15, 0.2) is 5.78 Å². The van der Waals surface area contributed by atoms with Crippen LogP contribution in [0, 0.1) is 5.41 Å². The molecule has 176 valence electrons. The Balaban J connectivity index is 1.61. The molecule has 0 aliphatic carbocycles. The molecule has 8 nitrogen and oxygen atoms in total. The number of nitrogens with zero attached hydrogens (tertiary/aromatic N) is 2. The molecule has 0 saturated carbocycles. The van der Waals surface area contributed by atoms with Crippen LogP contribution in [0.1, 0.15) is 38.2 Å². The van der Waals surface area contributed by atoms with Crippen LogP contribution in [0.15, 0.2) is 59.8 Å². The molecule has 3 N–H and O–H groups in total. The van der Waals surface area contributed by atoms with Gasteiger partial charge in [-0.25, -0.2) is 0 Å². The maximum absolute atomic E-state index is 13.5. The third-order valence-electron chi connectivity index (χ3n) is 6.20. The molecule has 0 unspecified atom stereocenters. The van der Waals surface area contributed by atoms with Gasteiger partial charge in [-0.2, -0.15) is 0 Å². The number of amides is 2. The van der Waals surface area contributed by atoms with Gasteiger partial charge >= 0.3 is 0 Å². The number of carbonyl (C=O) groups is 3. The highest BCUT2D eigenvalue weighted by Gasteiger charge is 2.31. The zero-order chi connectivity index (χ0) is 24.2. The van der Waals surface area contributed by atoms with Crippen LogP contribution in [0.5, 0.6) is 0 Å². The van der Waals surface area contributed by atoms with Gasteiger partial charge in [0.2, 0.25) is 5.91 Å². The van der Waals surface area contributed by atoms with Crippen molar-refractivity contribution in [3.63, 3.8) is 0 Å². The van der Waals surface area contributed by atoms with E-state index in [2.05, 4.69) is 5.32 Å². The van der Waals surface area contributed by atoms with Crippen LogP contribution in [0.2, 0.25) is 0 Å². The molecule has 34 heavy (non-hydrogen) atoms. The minimum absolute atomic E-state index is 0.0884. The third-order valence-corrected chi connectivity index (χ3v) is 6.20. The Kier molecular flexibility index (Phi) is 6.88. The molecule has 0 aromatic heterocycles. The summed E-state index contributed by atoms with van der Waals surface area (Å²) in [6, 6.07) is 14.3. The van der Waals surface area contributed by atoms with Gasteiger partial charge in [0, 0.05) is 49.1 Å². The largest absolute Gasteiger partial charge is 0.392 e. The van der Waals surface area contributed by atoms with E-state index in [4.69, 9.17) is 5.41 Å². The second-order valence-electron chi connectivity index (χ2n) is 8.49. The van der Waals surface area contributed by atoms with Gasteiger partial charge in [0.05, 0.1) is 6.61 Å². The highest BCUT2D eigenvalue weighted by Crippen LogP contribution is 2.30. The maximum Gasteiger partial charge on any atom is 0.275 e. The molecular formula is C26H28N4O4. The Hall–Kier alpha value is -3.78. The molecule has 0 bridgehead atoms. The number of carbonyl (C=O) groups excluding carboxylic acids is 3. The van der Waals surface area contributed by atoms with Crippen LogP contribution >= 0.6 is 0 Å². The summed E-state index contributed by atoms with van der Waals surface area (Å²) in [7, 11) is 0. The molecule has 2 aliphatic rings. The average molecular weight is 461 g/mol. The normalized spacial score (nSPS) is 16.6. The van der Waals surface area contributed by atoms with Crippen LogP contribution in [-0.2, 0) is 21.0 Å². The van der Waals surface area contributed by atoms with Gasteiger partial charge in [0.25, 0.3) is 5.91 Å². The summed E-state index contributed by atoms with van der Waals surface area (Å²) in [6.07, 6.45) is 2.80. The van der Waals surface area contributed by atoms with E-state index in [-0.39, 0.29) is 29.8 Å². The van der Waals surface area contributed by atoms with E-state index >= 15 is 0 Å². The second kappa shape index (κ2) is 10.0. The molecule has 0 spiro atoms. The van der Waals surface area contributed by atoms with Crippen molar-refractivity contribution in [1.29, 1.82) is 5.41 Å². The number of anilines is 3. The monoisotopic (exact) mass is 460 g/mol. The molecular weight excluding hydrogens is 432 g/mol. The fourth-order valence-corrected chi connectivity index (χ4v) is 4.28. The number of piperidine rings is 1. The zero-order valence-corrected chi connectivity index (χ0v) is 19.1. The van der Waals surface area contributed by atoms with Crippen molar-refractivity contribution in [2.24, 2.45) is 0 Å². The Morgan fingerprint density at radius 3 is 2.18 bits per heavy atom. The van der Waals surface area contributed by atoms with E-state index < -0.39 is 5.78 Å². The molecule has 2 aliphatic heterocycles. The summed E-state index contributed by atoms with van der Waals surface area (Å²) >= 11 is 0. The standard InChI is InChI=1S/C26H28N4O4/c1-17(32)24(27)22-13-15-30(26(34)25(22)28-19-7-5-18(16-31)6-8-19)21-11-9-20(10-12-21)29-14-3-2-4-23(29)33/h5-12,27-28,31H,2-4,13-16H2,1H3. The number of rotatable bonds is 7. The minimum Gasteiger partial charge on any atom is -0.392 e. The number of aliphatic hydroxyl groups excluding tert-OH is 1. The highest BCUT2D eigenvalue weighted by atomic mass is 16.3. The van der Waals surface area contributed by atoms with E-state index in [9.17, 15) is 19.5 Å². The van der Waals surface area contributed by atoms with Crippen molar-refractivity contribution in [2.75, 3.05) is 28.2 Å². The highest BCUT2D eigenvalue weighted by molar-refractivity contribution is 6.45. The summed E-state index contributed by atoms with van der Waals surface area (Å²) in [5, 5.41) is 20.6. The van der Waals surface area contributed by atoms with Crippen molar-refractivity contribution in [1.82, 2.24) is 0 Å². The van der Waals surface area contributed by atoms with Crippen LogP contribution < -0.4 is 15.1 Å². The molecule has 0 atom stereocenters. The Morgan fingerprint density at radius 2 is 1.59 bits per heavy atom. The lowest BCUT2D eigenvalue weighted by Gasteiger charge is -2.32. The first-order valence-corrected chi connectivity index (χ1v) is 11.4. The molecule has 8 heteroatoms. The molecule has 0 radical (unpaired) electrons. The van der Waals surface area contributed by atoms with Crippen molar-refractivity contribution in [3.05, 3.63) is 65.4 Å². The fourth-order valence-electron chi connectivity index (χ4n) is 4.28. The fraction of sp³-hybridized carbons (Fsp3) is 0.308. The van der Waals surface area contributed by atoms with Gasteiger partial charge in [-0.05, 0) is 61.2 Å². The number of benzene rings is 2. The third kappa shape index (κ3) is 4.77. The Labute approximate surface area is 198 Å². The minimum atomic E-state index is -0.401. The summed E-state index contributed by atoms with van der Waals surface area (Å²) in [6.45, 7) is 2.26. The Morgan fingerprint density at radius 1 is 0.941 bits per heavy atom. The van der Waals surface area contributed by atoms with Gasteiger partial charge < -0.3 is 20.2 Å². The summed E-state index contributed by atoms with van der Waals surface area (Å²) in [5.41, 5.74) is 3.25. The smallest absolute Gasteiger partial charge is 0.275 e. The first-order chi connectivity index (χ1) is 16.4. The number of ketones is 1. The van der Waals surface area contributed by atoms with E-state index in [1.165, 1.54) is 6.92 Å². The van der Waals surface area contributed by atoms with E-state index in [1.54, 1.807) is 34.1 Å². The van der Waals surface area contributed by atoms with Gasteiger partial charge in [-0.1, -0.05) is 12.1 Å². The van der Waals surface area contributed by atoms with Crippen LogP contribution in [-0.4, -0.2) is 41.5 Å². The van der Waals surface area contributed by atoms with E-state index in [0.29, 0.717) is 42.9 Å². The predicted molar refractivity (Wildman–Crippen MR) is 131 cm³/mol. The number of nitrogens with one attached hydrogen (secondary N) is 2. The molecule has 4 rings (SSSR count). The molecule has 1 fully saturated rings. The number of aliphatic hydroxyl groups is 1. The quantitative estimate of drug-likeness (QED) is 0.548. The molecule has 2 heterocycles. The van der Waals surface area contributed by atoms with Gasteiger partial charge in [-0.3, -0.25) is 19.8 Å². The number of hydrogen-bond donors (Lipinski definition) is 3. The number of Topliss-reactive ketones (excluding diaryl/α,β-unsaturated/α-hetero) is 1. The van der Waals surface area contributed by atoms with Crippen molar-refractivity contribution < 1.29 is 19.5 Å². The lowest BCUT2D eigenvalue weighted by atomic mass is 9.96. The first-order valence-electron chi connectivity index (χ1n) is 11.4. The average Bonchev–Trinajstić information content (AvgIpc) is 2.85. The summed E-state index contributed by atoms with van der Waals surface area (Å²) in [5.74, 6) is -0.621. The maximum atomic E-state index is 13.5. The molecule has 2 aromatic rings. The molecule has 2 amide bonds. The van der Waals surface area contributed by atoms with Gasteiger partial charge in [-0.15, -0.1) is 0 Å². The van der Waals surface area contributed by atoms with Crippen molar-refractivity contribution >= 4 is 40.4 Å². The number of hydrogen-bond acceptors (Lipinski definition) is 6. The SMILES string of the molecule is CC(=O)C(=N)C1=C(Nc2ccc(CO)cc2)C(=O)N(c2ccc(N3CCCCC3=O)cc2)CC1. The van der Waals surface area contributed by atoms with E-state index in [0.717, 1.165) is 24.1 Å². The van der Waals surface area contributed by atoms with Crippen LogP contribution in [0.4, 0.5) is 17.1 Å². The predicted octanol–water partition coefficient (Wildman–Crippen LogP) is 3.41. The topological polar surface area (TPSA) is 114 Å². The van der Waals surface area contributed by atoms with Crippen molar-refractivity contribution in [3.8, 4) is 0 Å². The van der Waals surface area contributed by atoms with Crippen LogP contribution in [0.3, 0.4) is 0 Å².